The van der Waals surface area contributed by atoms with Gasteiger partial charge in [0.2, 0.25) is 5.91 Å². The second-order valence-corrected chi connectivity index (χ2v) is 8.89. The number of hydrogen-bond donors (Lipinski definition) is 2. The Bertz CT molecular complexity index is 1260. The Kier molecular flexibility index (Phi) is 7.04. The zero-order valence-electron chi connectivity index (χ0n) is 17.7. The van der Waals surface area contributed by atoms with Crippen molar-refractivity contribution in [1.29, 1.82) is 0 Å². The molecule has 2 atom stereocenters. The molecule has 1 aliphatic heterocycles. The fourth-order valence-electron chi connectivity index (χ4n) is 3.64. The summed E-state index contributed by atoms with van der Waals surface area (Å²) in [5.74, 6) is -1.28. The third-order valence-corrected chi connectivity index (χ3v) is 6.33. The number of rotatable bonds is 5. The highest BCUT2D eigenvalue weighted by Crippen LogP contribution is 2.47. The topological polar surface area (TPSA) is 102 Å². The van der Waals surface area contributed by atoms with Crippen LogP contribution in [0.15, 0.2) is 36.9 Å². The van der Waals surface area contributed by atoms with Crippen molar-refractivity contribution in [2.24, 2.45) is 0 Å². The Balaban J connectivity index is 1.75. The minimum atomic E-state index is -0.894. The number of ether oxygens (including phenoxy) is 2. The summed E-state index contributed by atoms with van der Waals surface area (Å²) in [6, 6.07) is 3.11. The maximum Gasteiger partial charge on any atom is 0.256 e. The molecule has 0 bridgehead atoms. The van der Waals surface area contributed by atoms with Crippen molar-refractivity contribution in [2.45, 2.75) is 18.9 Å². The molecule has 2 aromatic heterocycles. The van der Waals surface area contributed by atoms with Gasteiger partial charge in [0.05, 0.1) is 38.6 Å². The smallest absolute Gasteiger partial charge is 0.256 e. The van der Waals surface area contributed by atoms with E-state index in [1.807, 2.05) is 0 Å². The Hall–Kier alpha value is -2.78. The summed E-state index contributed by atoms with van der Waals surface area (Å²) in [6.07, 6.45) is 4.78. The average molecular weight is 542 g/mol. The fourth-order valence-corrected chi connectivity index (χ4v) is 4.56. The van der Waals surface area contributed by atoms with Gasteiger partial charge in [0.15, 0.2) is 11.5 Å². The minimum Gasteiger partial charge on any atom is -0.493 e. The Morgan fingerprint density at radius 3 is 1.97 bits per heavy atom. The molecular formula is C22H16Cl4N4O4. The molecule has 8 nitrogen and oxygen atoms in total. The van der Waals surface area contributed by atoms with E-state index >= 15 is 0 Å². The number of amides is 2. The van der Waals surface area contributed by atoms with Gasteiger partial charge in [-0.1, -0.05) is 46.4 Å². The molecule has 0 fully saturated rings. The molecule has 1 aromatic carbocycles. The summed E-state index contributed by atoms with van der Waals surface area (Å²) in [5, 5.41) is 6.05. The maximum atomic E-state index is 13.4. The minimum absolute atomic E-state index is 0.159. The zero-order chi connectivity index (χ0) is 24.6. The van der Waals surface area contributed by atoms with Crippen molar-refractivity contribution in [3.8, 4) is 11.5 Å². The third kappa shape index (κ3) is 4.46. The molecule has 2 unspecified atom stereocenters. The molecule has 2 N–H and O–H groups in total. The first-order valence-electron chi connectivity index (χ1n) is 9.80. The molecule has 3 heterocycles. The molecule has 2 amide bonds. The number of benzene rings is 1. The molecule has 0 saturated carbocycles. The fraction of sp³-hybridized carbons (Fsp3) is 0.182. The Labute approximate surface area is 214 Å². The van der Waals surface area contributed by atoms with Crippen molar-refractivity contribution in [3.05, 3.63) is 68.1 Å². The number of carbonyl (C=O) groups excluding carboxylic acids is 2. The highest BCUT2D eigenvalue weighted by molar-refractivity contribution is 6.40. The van der Waals surface area contributed by atoms with Crippen molar-refractivity contribution in [2.75, 3.05) is 17.7 Å². The van der Waals surface area contributed by atoms with E-state index in [4.69, 9.17) is 55.9 Å². The number of anilines is 2. The van der Waals surface area contributed by atoms with E-state index in [0.29, 0.717) is 11.3 Å². The first-order valence-corrected chi connectivity index (χ1v) is 11.3. The summed E-state index contributed by atoms with van der Waals surface area (Å²) in [7, 11) is 1.46. The van der Waals surface area contributed by atoms with Gasteiger partial charge < -0.3 is 20.1 Å². The van der Waals surface area contributed by atoms with Crippen LogP contribution in [0.1, 0.15) is 28.8 Å². The van der Waals surface area contributed by atoms with E-state index in [0.717, 1.165) is 0 Å². The molecule has 4 rings (SSSR count). The van der Waals surface area contributed by atoms with Crippen LogP contribution in [-0.2, 0) is 4.79 Å². The number of aromatic nitrogens is 2. The second-order valence-electron chi connectivity index (χ2n) is 7.26. The first kappa shape index (κ1) is 24.3. The van der Waals surface area contributed by atoms with E-state index in [-0.39, 0.29) is 42.8 Å². The van der Waals surface area contributed by atoms with Gasteiger partial charge in [-0.05, 0) is 19.1 Å². The number of nitrogens with one attached hydrogen (secondary N) is 2. The summed E-state index contributed by atoms with van der Waals surface area (Å²) in [6.45, 7) is 1.71. The van der Waals surface area contributed by atoms with Gasteiger partial charge in [0.25, 0.3) is 5.91 Å². The number of hydrogen-bond acceptors (Lipinski definition) is 6. The van der Waals surface area contributed by atoms with Crippen LogP contribution in [0.4, 0.5) is 11.4 Å². The maximum absolute atomic E-state index is 13.4. The lowest BCUT2D eigenvalue weighted by atomic mass is 9.90. The Morgan fingerprint density at radius 1 is 0.912 bits per heavy atom. The molecule has 34 heavy (non-hydrogen) atoms. The molecule has 12 heteroatoms. The van der Waals surface area contributed by atoms with Crippen molar-refractivity contribution in [1.82, 2.24) is 9.97 Å². The molecule has 0 aliphatic carbocycles. The van der Waals surface area contributed by atoms with Crippen LogP contribution in [0, 0.1) is 0 Å². The van der Waals surface area contributed by atoms with Crippen LogP contribution in [0.3, 0.4) is 0 Å². The van der Waals surface area contributed by atoms with Crippen LogP contribution in [0.25, 0.3) is 0 Å². The number of methoxy groups -OCH3 is 1. The molecule has 3 aromatic rings. The molecule has 176 valence electrons. The highest BCUT2D eigenvalue weighted by atomic mass is 35.5. The number of fused-ring (bicyclic) bond motifs is 1. The van der Waals surface area contributed by atoms with Crippen molar-refractivity contribution >= 4 is 69.6 Å². The SMILES string of the molecule is COc1ccc(C(=O)Nc2c(Cl)cncc2Cl)c2c1OC(C)C2C(=O)Nc1c(Cl)cncc1Cl. The zero-order valence-corrected chi connectivity index (χ0v) is 20.7. The number of halogens is 4. The van der Waals surface area contributed by atoms with E-state index in [2.05, 4.69) is 20.6 Å². The predicted octanol–water partition coefficient (Wildman–Crippen LogP) is 5.85. The lowest BCUT2D eigenvalue weighted by Crippen LogP contribution is -2.29. The van der Waals surface area contributed by atoms with E-state index in [9.17, 15) is 9.59 Å². The molecule has 0 radical (unpaired) electrons. The van der Waals surface area contributed by atoms with E-state index in [1.54, 1.807) is 13.0 Å². The molecular weight excluding hydrogens is 526 g/mol. The van der Waals surface area contributed by atoms with Gasteiger partial charge in [0, 0.05) is 35.9 Å². The van der Waals surface area contributed by atoms with Crippen molar-refractivity contribution < 1.29 is 19.1 Å². The van der Waals surface area contributed by atoms with E-state index in [1.165, 1.54) is 38.0 Å². The predicted molar refractivity (Wildman–Crippen MR) is 131 cm³/mol. The van der Waals surface area contributed by atoms with Gasteiger partial charge >= 0.3 is 0 Å². The van der Waals surface area contributed by atoms with Crippen LogP contribution in [0.2, 0.25) is 20.1 Å². The molecule has 0 spiro atoms. The van der Waals surface area contributed by atoms with Crippen LogP contribution in [0.5, 0.6) is 11.5 Å². The van der Waals surface area contributed by atoms with Gasteiger partial charge in [-0.3, -0.25) is 19.6 Å². The number of nitrogens with zero attached hydrogens (tertiary/aromatic N) is 2. The van der Waals surface area contributed by atoms with Gasteiger partial charge in [-0.25, -0.2) is 0 Å². The third-order valence-electron chi connectivity index (χ3n) is 5.18. The first-order chi connectivity index (χ1) is 16.2. The summed E-state index contributed by atoms with van der Waals surface area (Å²) in [4.78, 5) is 34.4. The normalized spacial score (nSPS) is 16.4. The average Bonchev–Trinajstić information content (AvgIpc) is 3.15. The lowest BCUT2D eigenvalue weighted by molar-refractivity contribution is -0.118. The Morgan fingerprint density at radius 2 is 1.44 bits per heavy atom. The highest BCUT2D eigenvalue weighted by Gasteiger charge is 2.42. The van der Waals surface area contributed by atoms with Gasteiger partial charge in [-0.15, -0.1) is 0 Å². The lowest BCUT2D eigenvalue weighted by Gasteiger charge is -2.18. The summed E-state index contributed by atoms with van der Waals surface area (Å²) >= 11 is 24.6. The molecule has 0 saturated heterocycles. The van der Waals surface area contributed by atoms with Crippen LogP contribution >= 0.6 is 46.4 Å². The molecule has 1 aliphatic rings. The quantitative estimate of drug-likeness (QED) is 0.419. The second kappa shape index (κ2) is 9.84. The summed E-state index contributed by atoms with van der Waals surface area (Å²) in [5.41, 5.74) is 0.907. The standard InChI is InChI=1S/C22H16Cl4N4O4/c1-9-16(22(32)30-19-13(25)7-28-8-14(19)26)17-10(3-4-15(33-2)20(17)34-9)21(31)29-18-11(23)5-27-6-12(18)24/h3-9,16H,1-2H3,(H,27,29,31)(H,28,30,32). The van der Waals surface area contributed by atoms with Gasteiger partial charge in [0.1, 0.15) is 12.0 Å². The van der Waals surface area contributed by atoms with Crippen molar-refractivity contribution in [3.63, 3.8) is 0 Å². The van der Waals surface area contributed by atoms with Gasteiger partial charge in [-0.2, -0.15) is 0 Å². The number of carbonyl (C=O) groups is 2. The monoisotopic (exact) mass is 540 g/mol. The van der Waals surface area contributed by atoms with Crippen LogP contribution in [-0.4, -0.2) is 35.0 Å². The largest absolute Gasteiger partial charge is 0.493 e. The van der Waals surface area contributed by atoms with E-state index < -0.39 is 23.8 Å². The summed E-state index contributed by atoms with van der Waals surface area (Å²) < 4.78 is 11.3. The number of pyridine rings is 2. The van der Waals surface area contributed by atoms with Crippen LogP contribution < -0.4 is 20.1 Å².